The number of unbranched alkanes of at least 4 members (excludes halogenated alkanes) is 1. The van der Waals surface area contributed by atoms with Crippen molar-refractivity contribution in [1.82, 2.24) is 20.0 Å². The van der Waals surface area contributed by atoms with Crippen LogP contribution >= 0.6 is 0 Å². The number of amides is 1. The molecule has 1 N–H and O–H groups in total. The summed E-state index contributed by atoms with van der Waals surface area (Å²) in [5, 5.41) is 10.5. The van der Waals surface area contributed by atoms with E-state index in [4.69, 9.17) is 4.42 Å². The van der Waals surface area contributed by atoms with Gasteiger partial charge in [0.2, 0.25) is 5.89 Å². The number of benzene rings is 2. The zero-order valence-corrected chi connectivity index (χ0v) is 19.0. The number of hydrogen-bond acceptors (Lipinski definition) is 6. The number of nitrogens with zero attached hydrogens (tertiary/aromatic N) is 4. The largest absolute Gasteiger partial charge is 0.573 e. The van der Waals surface area contributed by atoms with Crippen LogP contribution in [0.5, 0.6) is 5.75 Å². The van der Waals surface area contributed by atoms with Gasteiger partial charge in [0.25, 0.3) is 5.91 Å². The topological polar surface area (TPSA) is 95.1 Å². The second kappa shape index (κ2) is 11.3. The molecule has 0 fully saturated rings. The predicted molar refractivity (Wildman–Crippen MR) is 126 cm³/mol. The second-order valence-electron chi connectivity index (χ2n) is 7.80. The lowest BCUT2D eigenvalue weighted by Gasteiger charge is -2.08. The smallest absolute Gasteiger partial charge is 0.444 e. The Labute approximate surface area is 204 Å². The van der Waals surface area contributed by atoms with Gasteiger partial charge < -0.3 is 14.5 Å². The molecule has 0 saturated heterocycles. The lowest BCUT2D eigenvalue weighted by Crippen LogP contribution is -2.16. The molecule has 0 atom stereocenters. The van der Waals surface area contributed by atoms with E-state index in [0.29, 0.717) is 11.3 Å². The lowest BCUT2D eigenvalue weighted by atomic mass is 10.1. The zero-order chi connectivity index (χ0) is 25.4. The van der Waals surface area contributed by atoms with Crippen molar-refractivity contribution in [2.75, 3.05) is 5.32 Å². The molecule has 0 aliphatic rings. The first-order valence-corrected chi connectivity index (χ1v) is 11.1. The average Bonchev–Trinajstić information content (AvgIpc) is 3.54. The fourth-order valence-corrected chi connectivity index (χ4v) is 3.32. The number of nitrogens with one attached hydrogen (secondary N) is 1. The van der Waals surface area contributed by atoms with Gasteiger partial charge >= 0.3 is 6.36 Å². The monoisotopic (exact) mass is 497 g/mol. The highest BCUT2D eigenvalue weighted by Gasteiger charge is 2.30. The minimum Gasteiger partial charge on any atom is -0.444 e. The van der Waals surface area contributed by atoms with E-state index in [1.807, 2.05) is 30.5 Å². The highest BCUT2D eigenvalue weighted by Crippen LogP contribution is 2.23. The van der Waals surface area contributed by atoms with Crippen LogP contribution < -0.4 is 10.1 Å². The van der Waals surface area contributed by atoms with Crippen LogP contribution in [-0.4, -0.2) is 32.2 Å². The highest BCUT2D eigenvalue weighted by atomic mass is 19.4. The lowest BCUT2D eigenvalue weighted by molar-refractivity contribution is -0.274. The summed E-state index contributed by atoms with van der Waals surface area (Å²) < 4.78 is 47.6. The first kappa shape index (κ1) is 24.7. The minimum absolute atomic E-state index is 0.0979. The SMILES string of the molecule is O=C(Nc1ccc(CCCCn2ccnn2)cc1)c1coc(/C=C/c2ccc(OC(F)(F)F)cc2)n1. The summed E-state index contributed by atoms with van der Waals surface area (Å²) in [5.74, 6) is -0.560. The molecule has 2 aromatic carbocycles. The summed E-state index contributed by atoms with van der Waals surface area (Å²) >= 11 is 0. The molecule has 1 amide bonds. The first-order chi connectivity index (χ1) is 17.3. The van der Waals surface area contributed by atoms with Crippen molar-refractivity contribution in [2.45, 2.75) is 32.2 Å². The summed E-state index contributed by atoms with van der Waals surface area (Å²) in [5.41, 5.74) is 2.50. The maximum Gasteiger partial charge on any atom is 0.573 e. The molecule has 4 aromatic rings. The van der Waals surface area contributed by atoms with Crippen molar-refractivity contribution in [3.63, 3.8) is 0 Å². The number of aromatic nitrogens is 4. The Hall–Kier alpha value is -4.41. The fourth-order valence-electron chi connectivity index (χ4n) is 3.32. The average molecular weight is 497 g/mol. The van der Waals surface area contributed by atoms with Gasteiger partial charge in [0.05, 0.1) is 6.20 Å². The summed E-state index contributed by atoms with van der Waals surface area (Å²) in [4.78, 5) is 16.6. The van der Waals surface area contributed by atoms with Gasteiger partial charge in [-0.25, -0.2) is 4.98 Å². The number of halogens is 3. The van der Waals surface area contributed by atoms with Crippen LogP contribution in [0.2, 0.25) is 0 Å². The number of oxazole rings is 1. The Bertz CT molecular complexity index is 1280. The van der Waals surface area contributed by atoms with Crippen LogP contribution in [0.1, 0.15) is 40.3 Å². The molecule has 0 unspecified atom stereocenters. The van der Waals surface area contributed by atoms with Crippen molar-refractivity contribution in [3.05, 3.63) is 89.9 Å². The number of ether oxygens (including phenoxy) is 1. The van der Waals surface area contributed by atoms with Gasteiger partial charge in [-0.2, -0.15) is 0 Å². The molecular formula is C25H22F3N5O3. The van der Waals surface area contributed by atoms with Gasteiger partial charge in [0, 0.05) is 24.5 Å². The maximum atomic E-state index is 12.5. The maximum absolute atomic E-state index is 12.5. The highest BCUT2D eigenvalue weighted by molar-refractivity contribution is 6.02. The number of alkyl halides is 3. The van der Waals surface area contributed by atoms with Crippen molar-refractivity contribution >= 4 is 23.7 Å². The zero-order valence-electron chi connectivity index (χ0n) is 19.0. The predicted octanol–water partition coefficient (Wildman–Crippen LogP) is 5.61. The van der Waals surface area contributed by atoms with E-state index in [1.165, 1.54) is 42.2 Å². The van der Waals surface area contributed by atoms with Gasteiger partial charge in [-0.3, -0.25) is 9.48 Å². The molecule has 2 heterocycles. The Morgan fingerprint density at radius 2 is 1.83 bits per heavy atom. The molecule has 0 bridgehead atoms. The van der Waals surface area contributed by atoms with Gasteiger partial charge in [0.1, 0.15) is 12.0 Å². The minimum atomic E-state index is -4.74. The molecule has 36 heavy (non-hydrogen) atoms. The number of anilines is 1. The molecule has 0 radical (unpaired) electrons. The van der Waals surface area contributed by atoms with Gasteiger partial charge in [-0.1, -0.05) is 29.5 Å². The Morgan fingerprint density at radius 1 is 1.06 bits per heavy atom. The molecular weight excluding hydrogens is 475 g/mol. The number of hydrogen-bond donors (Lipinski definition) is 1. The van der Waals surface area contributed by atoms with E-state index in [1.54, 1.807) is 17.0 Å². The summed E-state index contributed by atoms with van der Waals surface area (Å²) in [6.07, 6.45) is 6.00. The Morgan fingerprint density at radius 3 is 2.53 bits per heavy atom. The second-order valence-corrected chi connectivity index (χ2v) is 7.80. The summed E-state index contributed by atoms with van der Waals surface area (Å²) in [6.45, 7) is 0.826. The van der Waals surface area contributed by atoms with Crippen molar-refractivity contribution in [2.24, 2.45) is 0 Å². The number of carbonyl (C=O) groups excluding carboxylic acids is 1. The molecule has 8 nitrogen and oxygen atoms in total. The first-order valence-electron chi connectivity index (χ1n) is 11.1. The Balaban J connectivity index is 1.25. The van der Waals surface area contributed by atoms with E-state index in [-0.39, 0.29) is 17.3 Å². The van der Waals surface area contributed by atoms with Crippen LogP contribution in [0.3, 0.4) is 0 Å². The van der Waals surface area contributed by atoms with E-state index in [0.717, 1.165) is 25.8 Å². The third-order valence-corrected chi connectivity index (χ3v) is 5.07. The van der Waals surface area contributed by atoms with Gasteiger partial charge in [-0.05, 0) is 60.7 Å². The molecule has 186 valence electrons. The molecule has 11 heteroatoms. The van der Waals surface area contributed by atoms with Crippen LogP contribution in [-0.2, 0) is 13.0 Å². The van der Waals surface area contributed by atoms with Gasteiger partial charge in [0.15, 0.2) is 5.69 Å². The van der Waals surface area contributed by atoms with Crippen LogP contribution in [0.4, 0.5) is 18.9 Å². The van der Waals surface area contributed by atoms with Crippen LogP contribution in [0, 0.1) is 0 Å². The third-order valence-electron chi connectivity index (χ3n) is 5.07. The summed E-state index contributed by atoms with van der Waals surface area (Å²) in [7, 11) is 0. The molecule has 0 aliphatic heterocycles. The molecule has 0 aliphatic carbocycles. The van der Waals surface area contributed by atoms with Crippen molar-refractivity contribution in [3.8, 4) is 5.75 Å². The third kappa shape index (κ3) is 7.55. The van der Waals surface area contributed by atoms with E-state index >= 15 is 0 Å². The molecule has 0 spiro atoms. The van der Waals surface area contributed by atoms with E-state index in [2.05, 4.69) is 25.3 Å². The summed E-state index contributed by atoms with van der Waals surface area (Å²) in [6, 6.07) is 12.9. The quantitative estimate of drug-likeness (QED) is 0.286. The molecule has 4 rings (SSSR count). The van der Waals surface area contributed by atoms with E-state index < -0.39 is 12.3 Å². The number of aryl methyl sites for hydroxylation is 2. The number of carbonyl (C=O) groups is 1. The standard InChI is InChI=1S/C25H22F3N5O3/c26-25(27,28)36-21-11-6-19(7-12-21)8-13-23-31-22(17-35-23)24(34)30-20-9-4-18(5-10-20)3-1-2-15-33-16-14-29-32-33/h4-14,16-17H,1-3,15H2,(H,30,34)/b13-8+. The molecule has 0 saturated carbocycles. The fraction of sp³-hybridized carbons (Fsp3) is 0.200. The number of rotatable bonds is 10. The van der Waals surface area contributed by atoms with Crippen LogP contribution in [0.25, 0.3) is 12.2 Å². The van der Waals surface area contributed by atoms with E-state index in [9.17, 15) is 18.0 Å². The normalized spacial score (nSPS) is 11.6. The van der Waals surface area contributed by atoms with Gasteiger partial charge in [-0.15, -0.1) is 18.3 Å². The Kier molecular flexibility index (Phi) is 7.79. The van der Waals surface area contributed by atoms with Crippen molar-refractivity contribution < 1.29 is 27.1 Å². The van der Waals surface area contributed by atoms with Crippen LogP contribution in [0.15, 0.2) is 71.6 Å². The molecule has 2 aromatic heterocycles. The van der Waals surface area contributed by atoms with Crippen molar-refractivity contribution in [1.29, 1.82) is 0 Å².